The normalized spacial score (nSPS) is 11.4. The average molecular weight is 396 g/mol. The van der Waals surface area contributed by atoms with Crippen LogP contribution in [0.5, 0.6) is 5.75 Å². The Kier molecular flexibility index (Phi) is 7.88. The van der Waals surface area contributed by atoms with Crippen molar-refractivity contribution in [3.8, 4) is 16.9 Å². The molecule has 2 rings (SSSR count). The zero-order chi connectivity index (χ0) is 21.4. The van der Waals surface area contributed by atoms with E-state index in [0.717, 1.165) is 11.1 Å². The number of esters is 2. The second-order valence-corrected chi connectivity index (χ2v) is 6.46. The molecule has 0 amide bonds. The number of rotatable bonds is 9. The summed E-state index contributed by atoms with van der Waals surface area (Å²) < 4.78 is 15.3. The van der Waals surface area contributed by atoms with Gasteiger partial charge in [-0.15, -0.1) is 0 Å². The van der Waals surface area contributed by atoms with Gasteiger partial charge in [-0.2, -0.15) is 0 Å². The summed E-state index contributed by atoms with van der Waals surface area (Å²) >= 11 is 0. The number of hydrogen-bond acceptors (Lipinski definition) is 6. The maximum absolute atomic E-state index is 11.5. The molecule has 152 valence electrons. The first kappa shape index (κ1) is 22.1. The molecule has 1 unspecified atom stereocenters. The van der Waals surface area contributed by atoms with Crippen LogP contribution in [0.25, 0.3) is 11.1 Å². The van der Waals surface area contributed by atoms with Crippen LogP contribution in [0.3, 0.4) is 0 Å². The zero-order valence-electron chi connectivity index (χ0n) is 16.5. The van der Waals surface area contributed by atoms with E-state index in [0.29, 0.717) is 22.5 Å². The van der Waals surface area contributed by atoms with Crippen molar-refractivity contribution in [2.45, 2.75) is 20.1 Å². The Balaban J connectivity index is 1.90. The lowest BCUT2D eigenvalue weighted by molar-refractivity contribution is -0.147. The van der Waals surface area contributed by atoms with Crippen molar-refractivity contribution in [3.63, 3.8) is 0 Å². The predicted octanol–water partition coefficient (Wildman–Crippen LogP) is 3.96. The molecule has 0 aliphatic rings. The molecule has 0 fully saturated rings. The number of aliphatic hydroxyl groups is 1. The highest BCUT2D eigenvalue weighted by molar-refractivity contribution is 5.88. The van der Waals surface area contributed by atoms with E-state index in [2.05, 4.69) is 13.2 Å². The van der Waals surface area contributed by atoms with Crippen LogP contribution in [0.2, 0.25) is 0 Å². The second-order valence-electron chi connectivity index (χ2n) is 6.46. The summed E-state index contributed by atoms with van der Waals surface area (Å²) in [6.45, 7) is 10.3. The summed E-state index contributed by atoms with van der Waals surface area (Å²) in [6, 6.07) is 14.3. The molecular weight excluding hydrogens is 372 g/mol. The Morgan fingerprint density at radius 1 is 0.862 bits per heavy atom. The first-order valence-corrected chi connectivity index (χ1v) is 8.98. The van der Waals surface area contributed by atoms with E-state index >= 15 is 0 Å². The Labute approximate surface area is 170 Å². The molecule has 0 spiro atoms. The summed E-state index contributed by atoms with van der Waals surface area (Å²) in [5, 5.41) is 10.1. The van der Waals surface area contributed by atoms with Crippen molar-refractivity contribution >= 4 is 11.9 Å². The molecular formula is C23H24O6. The number of aliphatic hydroxyl groups excluding tert-OH is 1. The standard InChI is InChI=1S/C23H24O6/c1-15(2)21(24)27-13-14-28-23(26)19-7-5-17(6-8-19)18-9-11-20(12-10-18)29-22(25)16(3)4/h5-12,23,26H,1,3,13-14H2,2,4H3. The van der Waals surface area contributed by atoms with E-state index in [9.17, 15) is 14.7 Å². The first-order chi connectivity index (χ1) is 13.8. The largest absolute Gasteiger partial charge is 0.460 e. The minimum atomic E-state index is -1.13. The molecule has 1 atom stereocenters. The van der Waals surface area contributed by atoms with Gasteiger partial charge in [0.05, 0.1) is 6.61 Å². The lowest BCUT2D eigenvalue weighted by Gasteiger charge is -2.13. The summed E-state index contributed by atoms with van der Waals surface area (Å²) in [6.07, 6.45) is -1.13. The highest BCUT2D eigenvalue weighted by atomic mass is 16.6. The van der Waals surface area contributed by atoms with Gasteiger partial charge in [0.2, 0.25) is 0 Å². The van der Waals surface area contributed by atoms with Gasteiger partial charge >= 0.3 is 11.9 Å². The van der Waals surface area contributed by atoms with Crippen LogP contribution in [0.1, 0.15) is 25.7 Å². The Morgan fingerprint density at radius 2 is 1.38 bits per heavy atom. The Hall–Kier alpha value is -3.22. The molecule has 0 heterocycles. The summed E-state index contributed by atoms with van der Waals surface area (Å²) in [4.78, 5) is 22.8. The van der Waals surface area contributed by atoms with Gasteiger partial charge in [0.1, 0.15) is 12.4 Å². The van der Waals surface area contributed by atoms with Gasteiger partial charge in [-0.05, 0) is 37.1 Å². The SMILES string of the molecule is C=C(C)C(=O)OCCOC(O)c1ccc(-c2ccc(OC(=O)C(=C)C)cc2)cc1. The first-order valence-electron chi connectivity index (χ1n) is 8.98. The molecule has 6 nitrogen and oxygen atoms in total. The Bertz CT molecular complexity index is 881. The third-order valence-corrected chi connectivity index (χ3v) is 3.88. The number of hydrogen-bond donors (Lipinski definition) is 1. The zero-order valence-corrected chi connectivity index (χ0v) is 16.5. The van der Waals surface area contributed by atoms with Crippen molar-refractivity contribution in [1.29, 1.82) is 0 Å². The van der Waals surface area contributed by atoms with Gasteiger partial charge < -0.3 is 19.3 Å². The number of carbonyl (C=O) groups excluding carboxylic acids is 2. The third kappa shape index (κ3) is 6.71. The van der Waals surface area contributed by atoms with Gasteiger partial charge in [0.15, 0.2) is 6.29 Å². The molecule has 0 saturated heterocycles. The van der Waals surface area contributed by atoms with Crippen LogP contribution in [-0.2, 0) is 19.1 Å². The number of carbonyl (C=O) groups is 2. The predicted molar refractivity (Wildman–Crippen MR) is 109 cm³/mol. The summed E-state index contributed by atoms with van der Waals surface area (Å²) in [7, 11) is 0. The topological polar surface area (TPSA) is 82.1 Å². The summed E-state index contributed by atoms with van der Waals surface area (Å²) in [5.74, 6) is -0.520. The van der Waals surface area contributed by atoms with Gasteiger partial charge in [-0.25, -0.2) is 9.59 Å². The van der Waals surface area contributed by atoms with E-state index in [1.807, 2.05) is 24.3 Å². The van der Waals surface area contributed by atoms with E-state index in [1.54, 1.807) is 38.1 Å². The fourth-order valence-corrected chi connectivity index (χ4v) is 2.26. The van der Waals surface area contributed by atoms with Gasteiger partial charge in [-0.1, -0.05) is 49.6 Å². The number of benzene rings is 2. The molecule has 0 aliphatic carbocycles. The van der Waals surface area contributed by atoms with Crippen molar-refractivity contribution < 1.29 is 28.9 Å². The van der Waals surface area contributed by atoms with E-state index in [-0.39, 0.29) is 13.2 Å². The highest BCUT2D eigenvalue weighted by Crippen LogP contribution is 2.25. The molecule has 1 N–H and O–H groups in total. The van der Waals surface area contributed by atoms with Crippen LogP contribution >= 0.6 is 0 Å². The van der Waals surface area contributed by atoms with Crippen LogP contribution in [-0.4, -0.2) is 30.3 Å². The van der Waals surface area contributed by atoms with E-state index in [1.165, 1.54) is 0 Å². The molecule has 0 bridgehead atoms. The molecule has 2 aromatic carbocycles. The highest BCUT2D eigenvalue weighted by Gasteiger charge is 2.10. The third-order valence-electron chi connectivity index (χ3n) is 3.88. The minimum Gasteiger partial charge on any atom is -0.460 e. The molecule has 2 aromatic rings. The van der Waals surface area contributed by atoms with Crippen molar-refractivity contribution in [2.75, 3.05) is 13.2 Å². The van der Waals surface area contributed by atoms with E-state index < -0.39 is 18.2 Å². The smallest absolute Gasteiger partial charge is 0.338 e. The monoisotopic (exact) mass is 396 g/mol. The van der Waals surface area contributed by atoms with Gasteiger partial charge in [0.25, 0.3) is 0 Å². The maximum Gasteiger partial charge on any atom is 0.338 e. The molecule has 0 aromatic heterocycles. The van der Waals surface area contributed by atoms with Crippen LogP contribution < -0.4 is 4.74 Å². The molecule has 0 saturated carbocycles. The number of ether oxygens (including phenoxy) is 3. The lowest BCUT2D eigenvalue weighted by atomic mass is 10.0. The van der Waals surface area contributed by atoms with Crippen LogP contribution in [0.4, 0.5) is 0 Å². The second kappa shape index (κ2) is 10.4. The maximum atomic E-state index is 11.5. The molecule has 0 radical (unpaired) electrons. The lowest BCUT2D eigenvalue weighted by Crippen LogP contribution is -2.13. The van der Waals surface area contributed by atoms with Crippen molar-refractivity contribution in [2.24, 2.45) is 0 Å². The van der Waals surface area contributed by atoms with Crippen LogP contribution in [0, 0.1) is 0 Å². The fourth-order valence-electron chi connectivity index (χ4n) is 2.26. The molecule has 29 heavy (non-hydrogen) atoms. The van der Waals surface area contributed by atoms with Crippen molar-refractivity contribution in [1.82, 2.24) is 0 Å². The molecule has 0 aliphatic heterocycles. The average Bonchev–Trinajstić information content (AvgIpc) is 2.71. The van der Waals surface area contributed by atoms with Gasteiger partial charge in [0, 0.05) is 16.7 Å². The quantitative estimate of drug-likeness (QED) is 0.227. The van der Waals surface area contributed by atoms with E-state index in [4.69, 9.17) is 14.2 Å². The fraction of sp³-hybridized carbons (Fsp3) is 0.217. The minimum absolute atomic E-state index is 0.0309. The summed E-state index contributed by atoms with van der Waals surface area (Å²) in [5.41, 5.74) is 3.07. The van der Waals surface area contributed by atoms with Gasteiger partial charge in [-0.3, -0.25) is 0 Å². The molecule has 6 heteroatoms. The Morgan fingerprint density at radius 3 is 1.90 bits per heavy atom. The van der Waals surface area contributed by atoms with Crippen LogP contribution in [0.15, 0.2) is 72.8 Å². The van der Waals surface area contributed by atoms with Crippen molar-refractivity contribution in [3.05, 3.63) is 78.4 Å².